The molecule has 0 saturated carbocycles. The first-order valence-corrected chi connectivity index (χ1v) is 8.93. The number of carbonyl (C=O) groups is 1. The van der Waals surface area contributed by atoms with Crippen LogP contribution in [-0.4, -0.2) is 35.1 Å². The van der Waals surface area contributed by atoms with Gasteiger partial charge in [0.15, 0.2) is 9.84 Å². The summed E-state index contributed by atoms with van der Waals surface area (Å²) < 4.78 is 51.9. The Morgan fingerprint density at radius 2 is 1.84 bits per heavy atom. The van der Waals surface area contributed by atoms with E-state index in [4.69, 9.17) is 5.11 Å². The van der Waals surface area contributed by atoms with Crippen LogP contribution in [0.3, 0.4) is 0 Å². The van der Waals surface area contributed by atoms with Gasteiger partial charge >= 0.3 is 5.97 Å². The van der Waals surface area contributed by atoms with Crippen molar-refractivity contribution >= 4 is 21.3 Å². The van der Waals surface area contributed by atoms with Crippen molar-refractivity contribution in [3.8, 4) is 11.4 Å². The Morgan fingerprint density at radius 3 is 2.40 bits per heavy atom. The maximum Gasteiger partial charge on any atom is 0.309 e. The first-order chi connectivity index (χ1) is 11.6. The molecule has 6 nitrogen and oxygen atoms in total. The van der Waals surface area contributed by atoms with Gasteiger partial charge in [-0.05, 0) is 24.3 Å². The Bertz CT molecular complexity index is 1090. The number of fused-ring (bicyclic) bond motifs is 1. The average molecular weight is 366 g/mol. The molecule has 3 rings (SSSR count). The molecule has 1 aromatic carbocycles. The van der Waals surface area contributed by atoms with E-state index in [1.807, 2.05) is 0 Å². The molecule has 0 amide bonds. The highest BCUT2D eigenvalue weighted by atomic mass is 32.2. The van der Waals surface area contributed by atoms with Gasteiger partial charge in [-0.15, -0.1) is 0 Å². The zero-order valence-electron chi connectivity index (χ0n) is 12.9. The van der Waals surface area contributed by atoms with Crippen molar-refractivity contribution in [2.45, 2.75) is 11.3 Å². The molecular weight excluding hydrogens is 354 g/mol. The Hall–Kier alpha value is -2.81. The molecule has 0 aliphatic rings. The van der Waals surface area contributed by atoms with Gasteiger partial charge in [0.1, 0.15) is 17.5 Å². The number of carboxylic acid groups (broad SMARTS) is 1. The lowest BCUT2D eigenvalue weighted by Gasteiger charge is -2.04. The Labute approximate surface area is 141 Å². The van der Waals surface area contributed by atoms with Crippen molar-refractivity contribution in [3.63, 3.8) is 0 Å². The highest BCUT2D eigenvalue weighted by Crippen LogP contribution is 2.26. The van der Waals surface area contributed by atoms with E-state index >= 15 is 0 Å². The van der Waals surface area contributed by atoms with Crippen LogP contribution < -0.4 is 0 Å². The summed E-state index contributed by atoms with van der Waals surface area (Å²) in [6.07, 6.45) is 1.94. The number of nitrogens with zero attached hydrogens (tertiary/aromatic N) is 2. The van der Waals surface area contributed by atoms with Crippen LogP contribution in [0.2, 0.25) is 0 Å². The number of benzene rings is 1. The second-order valence-corrected chi connectivity index (χ2v) is 7.52. The quantitative estimate of drug-likeness (QED) is 0.765. The van der Waals surface area contributed by atoms with Gasteiger partial charge in [-0.1, -0.05) is 0 Å². The number of imidazole rings is 1. The van der Waals surface area contributed by atoms with E-state index in [1.54, 1.807) is 0 Å². The van der Waals surface area contributed by atoms with Crippen LogP contribution in [0.4, 0.5) is 8.78 Å². The minimum absolute atomic E-state index is 0.0106. The largest absolute Gasteiger partial charge is 0.481 e. The fraction of sp³-hybridized carbons (Fsp3) is 0.125. The highest BCUT2D eigenvalue weighted by Gasteiger charge is 2.18. The maximum absolute atomic E-state index is 13.5. The molecule has 0 saturated heterocycles. The predicted octanol–water partition coefficient (Wildman–Crippen LogP) is 2.31. The molecule has 0 fully saturated rings. The Balaban J connectivity index is 2.31. The van der Waals surface area contributed by atoms with Crippen LogP contribution in [0.15, 0.2) is 41.4 Å². The Morgan fingerprint density at radius 1 is 1.20 bits per heavy atom. The summed E-state index contributed by atoms with van der Waals surface area (Å²) in [4.78, 5) is 15.2. The summed E-state index contributed by atoms with van der Waals surface area (Å²) in [5.41, 5.74) is 0.443. The smallest absolute Gasteiger partial charge is 0.309 e. The third-order valence-electron chi connectivity index (χ3n) is 3.56. The number of hydrogen-bond acceptors (Lipinski definition) is 4. The first-order valence-electron chi connectivity index (χ1n) is 7.04. The molecule has 3 aromatic rings. The van der Waals surface area contributed by atoms with Gasteiger partial charge in [-0.2, -0.15) is 0 Å². The molecule has 0 unspecified atom stereocenters. The van der Waals surface area contributed by atoms with E-state index in [-0.39, 0.29) is 27.5 Å². The summed E-state index contributed by atoms with van der Waals surface area (Å²) in [5.74, 6) is -2.66. The van der Waals surface area contributed by atoms with Crippen molar-refractivity contribution in [2.24, 2.45) is 0 Å². The molecule has 0 atom stereocenters. The van der Waals surface area contributed by atoms with Crippen LogP contribution in [0, 0.1) is 11.6 Å². The number of sulfone groups is 1. The third kappa shape index (κ3) is 3.36. The third-order valence-corrected chi connectivity index (χ3v) is 4.67. The lowest BCUT2D eigenvalue weighted by Crippen LogP contribution is -2.02. The molecular formula is C16H12F2N2O4S. The molecule has 130 valence electrons. The zero-order chi connectivity index (χ0) is 18.4. The van der Waals surface area contributed by atoms with Gasteiger partial charge in [0.2, 0.25) is 0 Å². The van der Waals surface area contributed by atoms with Crippen LogP contribution in [0.1, 0.15) is 5.69 Å². The second-order valence-electron chi connectivity index (χ2n) is 5.50. The molecule has 2 heterocycles. The van der Waals surface area contributed by atoms with Gasteiger partial charge in [0.25, 0.3) is 0 Å². The first kappa shape index (κ1) is 17.0. The number of rotatable bonds is 4. The van der Waals surface area contributed by atoms with Crippen molar-refractivity contribution < 1.29 is 27.1 Å². The van der Waals surface area contributed by atoms with Crippen molar-refractivity contribution in [1.82, 2.24) is 9.38 Å². The zero-order valence-corrected chi connectivity index (χ0v) is 13.7. The number of halogens is 2. The molecule has 0 bridgehead atoms. The van der Waals surface area contributed by atoms with Gasteiger partial charge in [0, 0.05) is 24.1 Å². The van der Waals surface area contributed by atoms with E-state index in [9.17, 15) is 22.0 Å². The minimum atomic E-state index is -3.52. The monoisotopic (exact) mass is 366 g/mol. The van der Waals surface area contributed by atoms with Gasteiger partial charge in [-0.25, -0.2) is 22.2 Å². The SMILES string of the molecule is CS(=O)(=O)c1ccn2c(-c3cc(F)cc(F)c3)nc(CC(=O)O)c2c1. The van der Waals surface area contributed by atoms with Gasteiger partial charge < -0.3 is 5.11 Å². The molecule has 9 heteroatoms. The van der Waals surface area contributed by atoms with E-state index in [2.05, 4.69) is 4.98 Å². The molecule has 0 aliphatic carbocycles. The molecule has 0 radical (unpaired) electrons. The summed E-state index contributed by atoms with van der Waals surface area (Å²) in [7, 11) is -3.52. The lowest BCUT2D eigenvalue weighted by molar-refractivity contribution is -0.136. The van der Waals surface area contributed by atoms with Crippen LogP contribution in [0.25, 0.3) is 16.9 Å². The van der Waals surface area contributed by atoms with Gasteiger partial charge in [0.05, 0.1) is 22.5 Å². The molecule has 0 aliphatic heterocycles. The van der Waals surface area contributed by atoms with E-state index < -0.39 is 33.9 Å². The second kappa shape index (κ2) is 5.92. The summed E-state index contributed by atoms with van der Waals surface area (Å²) in [5, 5.41) is 9.04. The fourth-order valence-corrected chi connectivity index (χ4v) is 3.15. The topological polar surface area (TPSA) is 88.7 Å². The van der Waals surface area contributed by atoms with Crippen LogP contribution >= 0.6 is 0 Å². The van der Waals surface area contributed by atoms with Crippen molar-refractivity contribution in [3.05, 3.63) is 53.9 Å². The number of pyridine rings is 1. The van der Waals surface area contributed by atoms with E-state index in [0.717, 1.165) is 18.4 Å². The number of aliphatic carboxylic acids is 1. The van der Waals surface area contributed by atoms with E-state index in [0.29, 0.717) is 6.07 Å². The fourth-order valence-electron chi connectivity index (χ4n) is 2.52. The lowest BCUT2D eigenvalue weighted by atomic mass is 10.2. The average Bonchev–Trinajstić information content (AvgIpc) is 2.83. The van der Waals surface area contributed by atoms with Crippen molar-refractivity contribution in [2.75, 3.05) is 6.26 Å². The molecule has 0 spiro atoms. The summed E-state index contributed by atoms with van der Waals surface area (Å²) in [6, 6.07) is 5.44. The summed E-state index contributed by atoms with van der Waals surface area (Å²) in [6.45, 7) is 0. The van der Waals surface area contributed by atoms with Crippen LogP contribution in [-0.2, 0) is 21.1 Å². The standard InChI is InChI=1S/C16H12F2N2O4S/c1-25(23,24)12-2-3-20-14(7-12)13(8-15(21)22)19-16(20)9-4-10(17)6-11(18)5-9/h2-7H,8H2,1H3,(H,21,22). The van der Waals surface area contributed by atoms with E-state index in [1.165, 1.54) is 22.7 Å². The molecule has 25 heavy (non-hydrogen) atoms. The van der Waals surface area contributed by atoms with Gasteiger partial charge in [-0.3, -0.25) is 9.20 Å². The van der Waals surface area contributed by atoms with Crippen LogP contribution in [0.5, 0.6) is 0 Å². The Kier molecular flexibility index (Phi) is 4.03. The minimum Gasteiger partial charge on any atom is -0.481 e. The predicted molar refractivity (Wildman–Crippen MR) is 85.0 cm³/mol. The number of carboxylic acids is 1. The maximum atomic E-state index is 13.5. The van der Waals surface area contributed by atoms with Crippen molar-refractivity contribution in [1.29, 1.82) is 0 Å². The molecule has 2 aromatic heterocycles. The number of hydrogen-bond donors (Lipinski definition) is 1. The molecule has 1 N–H and O–H groups in total. The summed E-state index contributed by atoms with van der Waals surface area (Å²) >= 11 is 0. The highest BCUT2D eigenvalue weighted by molar-refractivity contribution is 7.90. The normalized spacial score (nSPS) is 11.8. The number of aromatic nitrogens is 2.